The molecule has 1 atom stereocenters. The SMILES string of the molecule is CC(=O)c1c(C)[nH]c(C(=O)[C@H](C)Sc2nnnn2-c2ccc(C)cc2C)c1C. The Kier molecular flexibility index (Phi) is 5.51. The first-order valence-electron chi connectivity index (χ1n) is 8.97. The van der Waals surface area contributed by atoms with E-state index in [0.717, 1.165) is 16.8 Å². The summed E-state index contributed by atoms with van der Waals surface area (Å²) in [6, 6.07) is 6.03. The molecule has 3 aromatic rings. The summed E-state index contributed by atoms with van der Waals surface area (Å²) in [5.74, 6) is -0.141. The minimum Gasteiger partial charge on any atom is -0.355 e. The van der Waals surface area contributed by atoms with E-state index in [1.165, 1.54) is 18.7 Å². The third kappa shape index (κ3) is 3.64. The van der Waals surface area contributed by atoms with E-state index in [0.29, 0.717) is 27.7 Å². The van der Waals surface area contributed by atoms with Crippen LogP contribution < -0.4 is 0 Å². The summed E-state index contributed by atoms with van der Waals surface area (Å²) >= 11 is 1.29. The molecule has 8 heteroatoms. The number of Topliss-reactive ketones (excluding diaryl/α,β-unsaturated/α-hetero) is 2. The Bertz CT molecular complexity index is 1070. The molecule has 0 aliphatic rings. The van der Waals surface area contributed by atoms with Gasteiger partial charge in [-0.15, -0.1) is 5.10 Å². The number of nitrogens with one attached hydrogen (secondary N) is 1. The molecular weight excluding hydrogens is 374 g/mol. The molecule has 7 nitrogen and oxygen atoms in total. The summed E-state index contributed by atoms with van der Waals surface area (Å²) in [6.45, 7) is 11.0. The van der Waals surface area contributed by atoms with Gasteiger partial charge in [0.1, 0.15) is 0 Å². The van der Waals surface area contributed by atoms with Crippen LogP contribution in [0.5, 0.6) is 0 Å². The van der Waals surface area contributed by atoms with Crippen molar-refractivity contribution in [2.24, 2.45) is 0 Å². The van der Waals surface area contributed by atoms with Gasteiger partial charge in [-0.1, -0.05) is 29.5 Å². The van der Waals surface area contributed by atoms with E-state index < -0.39 is 5.25 Å². The fourth-order valence-corrected chi connectivity index (χ4v) is 4.25. The summed E-state index contributed by atoms with van der Waals surface area (Å²) in [6.07, 6.45) is 0. The highest BCUT2D eigenvalue weighted by molar-refractivity contribution is 8.00. The van der Waals surface area contributed by atoms with Crippen molar-refractivity contribution in [1.82, 2.24) is 25.2 Å². The zero-order valence-electron chi connectivity index (χ0n) is 16.8. The standard InChI is InChI=1S/C20H23N5O2S/c1-10-7-8-16(11(2)9-10)25-20(22-23-24-25)28-15(6)19(27)18-12(3)17(14(5)26)13(4)21-18/h7-9,15,21H,1-6H3/t15-/m0/s1. The maximum atomic E-state index is 13.0. The van der Waals surface area contributed by atoms with Gasteiger partial charge < -0.3 is 4.98 Å². The number of tetrazole rings is 1. The van der Waals surface area contributed by atoms with Gasteiger partial charge in [-0.25, -0.2) is 0 Å². The zero-order valence-corrected chi connectivity index (χ0v) is 17.6. The van der Waals surface area contributed by atoms with Gasteiger partial charge in [-0.2, -0.15) is 4.68 Å². The lowest BCUT2D eigenvalue weighted by Gasteiger charge is -2.11. The molecule has 146 valence electrons. The van der Waals surface area contributed by atoms with Gasteiger partial charge in [0.25, 0.3) is 0 Å². The molecule has 1 N–H and O–H groups in total. The number of ketones is 2. The number of hydrogen-bond donors (Lipinski definition) is 1. The van der Waals surface area contributed by atoms with Crippen LogP contribution in [0.15, 0.2) is 23.4 Å². The van der Waals surface area contributed by atoms with Crippen LogP contribution in [0.4, 0.5) is 0 Å². The summed E-state index contributed by atoms with van der Waals surface area (Å²) in [5.41, 5.74) is 5.54. The van der Waals surface area contributed by atoms with Crippen molar-refractivity contribution in [3.05, 3.63) is 51.8 Å². The molecule has 0 fully saturated rings. The number of rotatable bonds is 6. The Morgan fingerprint density at radius 1 is 1.18 bits per heavy atom. The van der Waals surface area contributed by atoms with Crippen LogP contribution in [0.3, 0.4) is 0 Å². The normalized spacial score (nSPS) is 12.2. The summed E-state index contributed by atoms with van der Waals surface area (Å²) in [5, 5.41) is 12.1. The van der Waals surface area contributed by atoms with Crippen molar-refractivity contribution in [2.75, 3.05) is 0 Å². The van der Waals surface area contributed by atoms with Crippen molar-refractivity contribution < 1.29 is 9.59 Å². The third-order valence-electron chi connectivity index (χ3n) is 4.71. The molecule has 28 heavy (non-hydrogen) atoms. The third-order valence-corrected chi connectivity index (χ3v) is 5.74. The molecule has 0 unspecified atom stereocenters. The first-order chi connectivity index (χ1) is 13.2. The second-order valence-corrected chi connectivity index (χ2v) is 8.28. The van der Waals surface area contributed by atoms with Gasteiger partial charge in [0.05, 0.1) is 16.6 Å². The average Bonchev–Trinajstić information content (AvgIpc) is 3.18. The van der Waals surface area contributed by atoms with Gasteiger partial charge >= 0.3 is 0 Å². The molecular formula is C20H23N5O2S. The molecule has 0 saturated heterocycles. The molecule has 0 spiro atoms. The Morgan fingerprint density at radius 3 is 2.50 bits per heavy atom. The second kappa shape index (κ2) is 7.71. The lowest BCUT2D eigenvalue weighted by atomic mass is 10.0. The molecule has 0 radical (unpaired) electrons. The van der Waals surface area contributed by atoms with Crippen LogP contribution in [-0.4, -0.2) is 42.0 Å². The maximum absolute atomic E-state index is 13.0. The van der Waals surface area contributed by atoms with Crippen LogP contribution in [-0.2, 0) is 0 Å². The number of thioether (sulfide) groups is 1. The van der Waals surface area contributed by atoms with Gasteiger partial charge in [-0.05, 0) is 69.2 Å². The van der Waals surface area contributed by atoms with Crippen LogP contribution in [0.25, 0.3) is 5.69 Å². The number of carbonyl (C=O) groups is 2. The van der Waals surface area contributed by atoms with Crippen molar-refractivity contribution in [3.8, 4) is 5.69 Å². The number of aromatic amines is 1. The van der Waals surface area contributed by atoms with E-state index in [1.54, 1.807) is 18.5 Å². The Labute approximate surface area is 167 Å². The van der Waals surface area contributed by atoms with E-state index in [1.807, 2.05) is 32.9 Å². The molecule has 0 bridgehead atoms. The topological polar surface area (TPSA) is 93.5 Å². The number of aromatic nitrogens is 5. The largest absolute Gasteiger partial charge is 0.355 e. The van der Waals surface area contributed by atoms with Crippen LogP contribution >= 0.6 is 11.8 Å². The Balaban J connectivity index is 1.88. The molecule has 0 aliphatic heterocycles. The van der Waals surface area contributed by atoms with Gasteiger partial charge in [-0.3, -0.25) is 9.59 Å². The number of carbonyl (C=O) groups excluding carboxylic acids is 2. The predicted octanol–water partition coefficient (Wildman–Crippen LogP) is 3.79. The van der Waals surface area contributed by atoms with Gasteiger partial charge in [0.2, 0.25) is 5.16 Å². The highest BCUT2D eigenvalue weighted by atomic mass is 32.2. The van der Waals surface area contributed by atoms with Crippen LogP contribution in [0.2, 0.25) is 0 Å². The zero-order chi connectivity index (χ0) is 20.6. The number of nitrogens with zero attached hydrogens (tertiary/aromatic N) is 4. The van der Waals surface area contributed by atoms with E-state index in [-0.39, 0.29) is 11.6 Å². The highest BCUT2D eigenvalue weighted by Gasteiger charge is 2.26. The molecule has 3 rings (SSSR count). The van der Waals surface area contributed by atoms with Crippen molar-refractivity contribution in [1.29, 1.82) is 0 Å². The average molecular weight is 398 g/mol. The quantitative estimate of drug-likeness (QED) is 0.502. The second-order valence-electron chi connectivity index (χ2n) is 6.97. The van der Waals surface area contributed by atoms with Gasteiger partial charge in [0, 0.05) is 11.3 Å². The van der Waals surface area contributed by atoms with E-state index in [9.17, 15) is 9.59 Å². The monoisotopic (exact) mass is 397 g/mol. The fourth-order valence-electron chi connectivity index (χ4n) is 3.39. The van der Waals surface area contributed by atoms with E-state index >= 15 is 0 Å². The summed E-state index contributed by atoms with van der Waals surface area (Å²) in [4.78, 5) is 27.9. The summed E-state index contributed by atoms with van der Waals surface area (Å²) in [7, 11) is 0. The predicted molar refractivity (Wildman–Crippen MR) is 109 cm³/mol. The lowest BCUT2D eigenvalue weighted by Crippen LogP contribution is -2.16. The lowest BCUT2D eigenvalue weighted by molar-refractivity contribution is 0.0988. The fraction of sp³-hybridized carbons (Fsp3) is 0.350. The Morgan fingerprint density at radius 2 is 1.89 bits per heavy atom. The number of benzene rings is 1. The molecule has 2 heterocycles. The molecule has 0 saturated carbocycles. The Hall–Kier alpha value is -2.74. The molecule has 0 aliphatic carbocycles. The molecule has 2 aromatic heterocycles. The van der Waals surface area contributed by atoms with E-state index in [2.05, 4.69) is 26.6 Å². The highest BCUT2D eigenvalue weighted by Crippen LogP contribution is 2.28. The van der Waals surface area contributed by atoms with Crippen molar-refractivity contribution >= 4 is 23.3 Å². The van der Waals surface area contributed by atoms with Crippen LogP contribution in [0.1, 0.15) is 57.1 Å². The molecule has 1 aromatic carbocycles. The van der Waals surface area contributed by atoms with E-state index in [4.69, 9.17) is 0 Å². The first kappa shape index (κ1) is 20.0. The van der Waals surface area contributed by atoms with Crippen LogP contribution in [0, 0.1) is 27.7 Å². The first-order valence-corrected chi connectivity index (χ1v) is 9.85. The number of H-pyrrole nitrogens is 1. The summed E-state index contributed by atoms with van der Waals surface area (Å²) < 4.78 is 1.65. The van der Waals surface area contributed by atoms with Crippen molar-refractivity contribution in [3.63, 3.8) is 0 Å². The minimum atomic E-state index is -0.424. The number of hydrogen-bond acceptors (Lipinski definition) is 6. The maximum Gasteiger partial charge on any atom is 0.214 e. The van der Waals surface area contributed by atoms with Crippen molar-refractivity contribution in [2.45, 2.75) is 51.9 Å². The molecule has 0 amide bonds. The number of aryl methyl sites for hydroxylation is 3. The van der Waals surface area contributed by atoms with Gasteiger partial charge in [0.15, 0.2) is 11.6 Å². The minimum absolute atomic E-state index is 0.0515. The smallest absolute Gasteiger partial charge is 0.214 e.